The van der Waals surface area contributed by atoms with Crippen LogP contribution in [0, 0.1) is 0 Å². The lowest BCUT2D eigenvalue weighted by Gasteiger charge is -2.10. The number of phenols is 1. The average molecular weight is 327 g/mol. The third kappa shape index (κ3) is 5.01. The molecule has 0 radical (unpaired) electrons. The van der Waals surface area contributed by atoms with E-state index in [4.69, 9.17) is 4.74 Å². The summed E-state index contributed by atoms with van der Waals surface area (Å²) >= 11 is 0. The Labute approximate surface area is 143 Å². The van der Waals surface area contributed by atoms with Crippen LogP contribution in [0.1, 0.15) is 50.2 Å². The molecule has 0 atom stereocenters. The summed E-state index contributed by atoms with van der Waals surface area (Å²) in [6.45, 7) is 2.84. The van der Waals surface area contributed by atoms with Gasteiger partial charge in [0.25, 0.3) is 0 Å². The molecule has 0 saturated carbocycles. The number of rotatable bonds is 9. The highest BCUT2D eigenvalue weighted by atomic mass is 16.5. The largest absolute Gasteiger partial charge is 0.507 e. The van der Waals surface area contributed by atoms with E-state index in [1.165, 1.54) is 19.3 Å². The van der Waals surface area contributed by atoms with Crippen LogP contribution in [0.5, 0.6) is 11.5 Å². The molecular weight excluding hydrogens is 302 g/mol. The number of oxime groups is 1. The van der Waals surface area contributed by atoms with E-state index in [1.54, 1.807) is 18.2 Å². The van der Waals surface area contributed by atoms with E-state index < -0.39 is 0 Å². The molecule has 128 valence electrons. The van der Waals surface area contributed by atoms with Gasteiger partial charge < -0.3 is 15.1 Å². The molecule has 0 aliphatic heterocycles. The monoisotopic (exact) mass is 327 g/mol. The molecule has 2 aromatic carbocycles. The van der Waals surface area contributed by atoms with Crippen molar-refractivity contribution in [1.82, 2.24) is 0 Å². The Bertz CT molecular complexity index is 653. The first-order chi connectivity index (χ1) is 11.8. The highest BCUT2D eigenvalue weighted by molar-refractivity contribution is 6.14. The zero-order chi connectivity index (χ0) is 17.2. The molecule has 0 saturated heterocycles. The number of hydrogen-bond acceptors (Lipinski definition) is 4. The van der Waals surface area contributed by atoms with E-state index in [0.29, 0.717) is 23.6 Å². The normalized spacial score (nSPS) is 11.5. The molecule has 2 aromatic rings. The summed E-state index contributed by atoms with van der Waals surface area (Å²) in [4.78, 5) is 0. The summed E-state index contributed by atoms with van der Waals surface area (Å²) in [5.41, 5.74) is 1.54. The zero-order valence-corrected chi connectivity index (χ0v) is 14.1. The second kappa shape index (κ2) is 9.60. The van der Waals surface area contributed by atoms with Crippen molar-refractivity contribution in [3.63, 3.8) is 0 Å². The Balaban J connectivity index is 1.99. The summed E-state index contributed by atoms with van der Waals surface area (Å²) in [5.74, 6) is 0.659. The van der Waals surface area contributed by atoms with Crippen molar-refractivity contribution in [2.75, 3.05) is 6.61 Å². The third-order valence-corrected chi connectivity index (χ3v) is 3.89. The van der Waals surface area contributed by atoms with Crippen LogP contribution in [0.15, 0.2) is 53.7 Å². The van der Waals surface area contributed by atoms with Crippen molar-refractivity contribution in [2.24, 2.45) is 5.16 Å². The molecule has 4 nitrogen and oxygen atoms in total. The quantitative estimate of drug-likeness (QED) is 0.296. The highest BCUT2D eigenvalue weighted by Crippen LogP contribution is 2.26. The summed E-state index contributed by atoms with van der Waals surface area (Å²) < 4.78 is 5.68. The molecule has 0 fully saturated rings. The highest BCUT2D eigenvalue weighted by Gasteiger charge is 2.13. The summed E-state index contributed by atoms with van der Waals surface area (Å²) in [7, 11) is 0. The molecule has 0 unspecified atom stereocenters. The van der Waals surface area contributed by atoms with Crippen LogP contribution < -0.4 is 4.74 Å². The van der Waals surface area contributed by atoms with Gasteiger partial charge in [-0.05, 0) is 18.6 Å². The van der Waals surface area contributed by atoms with Crippen molar-refractivity contribution in [3.8, 4) is 11.5 Å². The van der Waals surface area contributed by atoms with Gasteiger partial charge in [-0.2, -0.15) is 0 Å². The number of phenolic OH excluding ortho intramolecular Hbond substituents is 1. The summed E-state index contributed by atoms with van der Waals surface area (Å²) in [6.07, 6.45) is 5.89. The number of ether oxygens (including phenoxy) is 1. The molecule has 0 aromatic heterocycles. The van der Waals surface area contributed by atoms with Gasteiger partial charge in [-0.15, -0.1) is 0 Å². The van der Waals surface area contributed by atoms with Crippen LogP contribution in [-0.4, -0.2) is 22.6 Å². The minimum atomic E-state index is 0.0372. The molecule has 2 rings (SSSR count). The standard InChI is InChI=1S/C20H25NO3/c1-2-3-4-5-9-14-24-17-12-13-18(19(22)15-17)20(21-23)16-10-7-6-8-11-16/h6-8,10-13,15,22-23H,2-5,9,14H2,1H3. The molecule has 4 heteroatoms. The van der Waals surface area contributed by atoms with Crippen LogP contribution >= 0.6 is 0 Å². The Morgan fingerprint density at radius 1 is 1.00 bits per heavy atom. The minimum absolute atomic E-state index is 0.0372. The lowest BCUT2D eigenvalue weighted by molar-refractivity contribution is 0.302. The fourth-order valence-electron chi connectivity index (χ4n) is 2.56. The lowest BCUT2D eigenvalue weighted by atomic mass is 10.0. The molecule has 24 heavy (non-hydrogen) atoms. The van der Waals surface area contributed by atoms with E-state index in [0.717, 1.165) is 18.4 Å². The van der Waals surface area contributed by atoms with Crippen LogP contribution in [0.4, 0.5) is 0 Å². The van der Waals surface area contributed by atoms with Gasteiger partial charge in [-0.25, -0.2) is 0 Å². The van der Waals surface area contributed by atoms with Gasteiger partial charge in [0, 0.05) is 17.2 Å². The molecule has 0 heterocycles. The van der Waals surface area contributed by atoms with Crippen LogP contribution in [0.3, 0.4) is 0 Å². The Morgan fingerprint density at radius 2 is 1.75 bits per heavy atom. The van der Waals surface area contributed by atoms with Crippen molar-refractivity contribution < 1.29 is 15.1 Å². The molecule has 0 aliphatic carbocycles. The zero-order valence-electron chi connectivity index (χ0n) is 14.1. The van der Waals surface area contributed by atoms with Crippen molar-refractivity contribution in [2.45, 2.75) is 39.0 Å². The van der Waals surface area contributed by atoms with Crippen molar-refractivity contribution in [3.05, 3.63) is 59.7 Å². The van der Waals surface area contributed by atoms with Gasteiger partial charge in [0.2, 0.25) is 0 Å². The number of unbranched alkanes of at least 4 members (excludes halogenated alkanes) is 4. The van der Waals surface area contributed by atoms with Crippen LogP contribution in [0.25, 0.3) is 0 Å². The summed E-state index contributed by atoms with van der Waals surface area (Å²) in [6, 6.07) is 14.3. The average Bonchev–Trinajstić information content (AvgIpc) is 2.61. The molecule has 0 spiro atoms. The first kappa shape index (κ1) is 17.9. The topological polar surface area (TPSA) is 62.0 Å². The number of hydrogen-bond donors (Lipinski definition) is 2. The second-order valence-corrected chi connectivity index (χ2v) is 5.76. The van der Waals surface area contributed by atoms with Gasteiger partial charge in [0.15, 0.2) is 0 Å². The van der Waals surface area contributed by atoms with Crippen molar-refractivity contribution in [1.29, 1.82) is 0 Å². The van der Waals surface area contributed by atoms with Gasteiger partial charge in [-0.3, -0.25) is 0 Å². The fourth-order valence-corrected chi connectivity index (χ4v) is 2.56. The number of benzene rings is 2. The van der Waals surface area contributed by atoms with Gasteiger partial charge in [0.05, 0.1) is 6.61 Å². The second-order valence-electron chi connectivity index (χ2n) is 5.76. The van der Waals surface area contributed by atoms with E-state index in [-0.39, 0.29) is 5.75 Å². The number of nitrogens with zero attached hydrogens (tertiary/aromatic N) is 1. The van der Waals surface area contributed by atoms with E-state index >= 15 is 0 Å². The maximum Gasteiger partial charge on any atom is 0.128 e. The Kier molecular flexibility index (Phi) is 7.15. The predicted octanol–water partition coefficient (Wildman–Crippen LogP) is 4.97. The molecule has 0 bridgehead atoms. The predicted molar refractivity (Wildman–Crippen MR) is 96.2 cm³/mol. The first-order valence-corrected chi connectivity index (χ1v) is 8.50. The van der Waals surface area contributed by atoms with E-state index in [2.05, 4.69) is 12.1 Å². The van der Waals surface area contributed by atoms with Gasteiger partial charge >= 0.3 is 0 Å². The molecule has 0 amide bonds. The van der Waals surface area contributed by atoms with E-state index in [9.17, 15) is 10.3 Å². The summed E-state index contributed by atoms with van der Waals surface area (Å²) in [5, 5.41) is 22.9. The fraction of sp³-hybridized carbons (Fsp3) is 0.350. The minimum Gasteiger partial charge on any atom is -0.507 e. The third-order valence-electron chi connectivity index (χ3n) is 3.89. The number of aromatic hydroxyl groups is 1. The molecule has 0 aliphatic rings. The maximum atomic E-state index is 10.3. The lowest BCUT2D eigenvalue weighted by Crippen LogP contribution is -2.04. The van der Waals surface area contributed by atoms with Crippen molar-refractivity contribution >= 4 is 5.71 Å². The molecular formula is C20H25NO3. The molecule has 2 N–H and O–H groups in total. The van der Waals surface area contributed by atoms with Gasteiger partial charge in [-0.1, -0.05) is 68.1 Å². The Hall–Kier alpha value is -2.49. The SMILES string of the molecule is CCCCCCCOc1ccc(C(=NO)c2ccccc2)c(O)c1. The maximum absolute atomic E-state index is 10.3. The first-order valence-electron chi connectivity index (χ1n) is 8.50. The van der Waals surface area contributed by atoms with Crippen LogP contribution in [0.2, 0.25) is 0 Å². The van der Waals surface area contributed by atoms with E-state index in [1.807, 2.05) is 30.3 Å². The smallest absolute Gasteiger partial charge is 0.128 e. The Morgan fingerprint density at radius 3 is 2.42 bits per heavy atom. The van der Waals surface area contributed by atoms with Crippen LogP contribution in [-0.2, 0) is 0 Å². The van der Waals surface area contributed by atoms with Gasteiger partial charge in [0.1, 0.15) is 17.2 Å².